The summed E-state index contributed by atoms with van der Waals surface area (Å²) in [7, 11) is 0. The number of para-hydroxylation sites is 1. The number of hydrogen-bond donors (Lipinski definition) is 1. The first-order valence-electron chi connectivity index (χ1n) is 12.3. The van der Waals surface area contributed by atoms with E-state index in [2.05, 4.69) is 41.0 Å². The number of benzene rings is 3. The highest BCUT2D eigenvalue weighted by Gasteiger charge is 2.22. The molecule has 3 aromatic carbocycles. The van der Waals surface area contributed by atoms with Crippen LogP contribution in [0.25, 0.3) is 28.2 Å². The predicted molar refractivity (Wildman–Crippen MR) is 140 cm³/mol. The minimum Gasteiger partial charge on any atom is -0.481 e. The lowest BCUT2D eigenvalue weighted by Gasteiger charge is -2.13. The molecule has 0 aliphatic rings. The van der Waals surface area contributed by atoms with E-state index in [1.165, 1.54) is 0 Å². The van der Waals surface area contributed by atoms with Crippen LogP contribution in [-0.2, 0) is 4.79 Å². The van der Waals surface area contributed by atoms with Crippen LogP contribution in [0.1, 0.15) is 39.0 Å². The fourth-order valence-corrected chi connectivity index (χ4v) is 4.17. The lowest BCUT2D eigenvalue weighted by molar-refractivity contribution is -0.141. The molecule has 5 nitrogen and oxygen atoms in total. The molecule has 1 atom stereocenters. The van der Waals surface area contributed by atoms with Crippen LogP contribution in [0.15, 0.2) is 91.0 Å². The van der Waals surface area contributed by atoms with E-state index in [4.69, 9.17) is 14.8 Å². The van der Waals surface area contributed by atoms with Crippen LogP contribution in [0.4, 0.5) is 0 Å². The Labute approximate surface area is 207 Å². The van der Waals surface area contributed by atoms with Crippen molar-refractivity contribution in [3.63, 3.8) is 0 Å². The van der Waals surface area contributed by atoms with Crippen LogP contribution in [-0.4, -0.2) is 27.2 Å². The van der Waals surface area contributed by atoms with Crippen LogP contribution in [0.3, 0.4) is 0 Å². The number of nitrogens with zero attached hydrogens (tertiary/aromatic N) is 2. The molecule has 1 aromatic heterocycles. The lowest BCUT2D eigenvalue weighted by atomic mass is 10.0. The zero-order valence-corrected chi connectivity index (χ0v) is 20.1. The summed E-state index contributed by atoms with van der Waals surface area (Å²) >= 11 is 0. The van der Waals surface area contributed by atoms with Gasteiger partial charge in [-0.2, -0.15) is 4.98 Å². The first-order valence-corrected chi connectivity index (χ1v) is 12.3. The smallest absolute Gasteiger partial charge is 0.306 e. The molecule has 0 amide bonds. The highest BCUT2D eigenvalue weighted by atomic mass is 16.5. The number of hydrogen-bond acceptors (Lipinski definition) is 3. The Bertz CT molecular complexity index is 1200. The van der Waals surface area contributed by atoms with Crippen LogP contribution >= 0.6 is 0 Å². The van der Waals surface area contributed by atoms with Gasteiger partial charge in [0.1, 0.15) is 5.69 Å². The molecule has 0 fully saturated rings. The third-order valence-electron chi connectivity index (χ3n) is 6.14. The van der Waals surface area contributed by atoms with E-state index in [0.717, 1.165) is 60.3 Å². The monoisotopic (exact) mass is 468 g/mol. The Morgan fingerprint density at radius 1 is 0.829 bits per heavy atom. The summed E-state index contributed by atoms with van der Waals surface area (Å²) in [6.07, 6.45) is 4.52. The molecule has 1 heterocycles. The van der Waals surface area contributed by atoms with Gasteiger partial charge < -0.3 is 9.84 Å². The van der Waals surface area contributed by atoms with Crippen LogP contribution in [0, 0.1) is 5.92 Å². The first-order chi connectivity index (χ1) is 17.1. The molecule has 0 bridgehead atoms. The number of carboxylic acids is 1. The number of carboxylic acid groups (broad SMARTS) is 1. The molecular weight excluding hydrogens is 436 g/mol. The van der Waals surface area contributed by atoms with Crippen LogP contribution in [0.5, 0.6) is 6.01 Å². The number of aliphatic carboxylic acids is 1. The number of unbranched alkanes of at least 4 members (excludes halogenated alkanes) is 3. The number of carbonyl (C=O) groups is 1. The third-order valence-corrected chi connectivity index (χ3v) is 6.14. The van der Waals surface area contributed by atoms with E-state index in [9.17, 15) is 4.79 Å². The van der Waals surface area contributed by atoms with Gasteiger partial charge in [-0.3, -0.25) is 9.36 Å². The summed E-state index contributed by atoms with van der Waals surface area (Å²) in [5.74, 6) is -0.998. The van der Waals surface area contributed by atoms with Crippen molar-refractivity contribution in [3.05, 3.63) is 91.0 Å². The SMILES string of the molecule is CC(CCCCCCOc1nc(-c2ccccc2)c(-c2ccccc2)n1-c1ccccc1)C(=O)O. The van der Waals surface area contributed by atoms with Crippen molar-refractivity contribution in [2.24, 2.45) is 5.92 Å². The maximum Gasteiger partial charge on any atom is 0.306 e. The van der Waals surface area contributed by atoms with Gasteiger partial charge in [0.25, 0.3) is 0 Å². The van der Waals surface area contributed by atoms with E-state index in [-0.39, 0.29) is 5.92 Å². The van der Waals surface area contributed by atoms with Crippen molar-refractivity contribution in [3.8, 4) is 34.2 Å². The molecule has 5 heteroatoms. The van der Waals surface area contributed by atoms with Gasteiger partial charge in [-0.1, -0.05) is 105 Å². The Balaban J connectivity index is 1.58. The topological polar surface area (TPSA) is 64.4 Å². The number of aromatic nitrogens is 2. The summed E-state index contributed by atoms with van der Waals surface area (Å²) in [4.78, 5) is 16.0. The number of rotatable bonds is 12. The van der Waals surface area contributed by atoms with Crippen molar-refractivity contribution in [1.82, 2.24) is 9.55 Å². The molecule has 35 heavy (non-hydrogen) atoms. The van der Waals surface area contributed by atoms with Gasteiger partial charge in [-0.15, -0.1) is 0 Å². The Morgan fingerprint density at radius 2 is 1.40 bits per heavy atom. The van der Waals surface area contributed by atoms with Crippen LogP contribution in [0.2, 0.25) is 0 Å². The second-order valence-electron chi connectivity index (χ2n) is 8.79. The molecule has 0 spiro atoms. The molecule has 0 saturated heterocycles. The maximum atomic E-state index is 11.0. The van der Waals surface area contributed by atoms with E-state index < -0.39 is 5.97 Å². The summed E-state index contributed by atoms with van der Waals surface area (Å²) in [5.41, 5.74) is 5.00. The minimum absolute atomic E-state index is 0.280. The molecule has 4 rings (SSSR count). The van der Waals surface area contributed by atoms with Crippen molar-refractivity contribution < 1.29 is 14.6 Å². The second kappa shape index (κ2) is 12.0. The van der Waals surface area contributed by atoms with E-state index in [0.29, 0.717) is 12.6 Å². The van der Waals surface area contributed by atoms with Gasteiger partial charge in [0.2, 0.25) is 0 Å². The van der Waals surface area contributed by atoms with Crippen molar-refractivity contribution in [2.45, 2.75) is 39.0 Å². The number of ether oxygens (including phenoxy) is 1. The molecule has 4 aromatic rings. The fourth-order valence-electron chi connectivity index (χ4n) is 4.17. The fraction of sp³-hybridized carbons (Fsp3) is 0.267. The minimum atomic E-state index is -0.718. The van der Waals surface area contributed by atoms with E-state index in [1.807, 2.05) is 54.6 Å². The van der Waals surface area contributed by atoms with Gasteiger partial charge in [0.05, 0.1) is 23.9 Å². The average molecular weight is 469 g/mol. The van der Waals surface area contributed by atoms with Gasteiger partial charge in [-0.25, -0.2) is 0 Å². The van der Waals surface area contributed by atoms with Crippen molar-refractivity contribution >= 4 is 5.97 Å². The van der Waals surface area contributed by atoms with Crippen LogP contribution < -0.4 is 4.74 Å². The molecule has 0 radical (unpaired) electrons. The highest BCUT2D eigenvalue weighted by molar-refractivity contribution is 5.81. The van der Waals surface area contributed by atoms with E-state index >= 15 is 0 Å². The summed E-state index contributed by atoms with van der Waals surface area (Å²) in [6.45, 7) is 2.32. The lowest BCUT2D eigenvalue weighted by Crippen LogP contribution is -2.09. The Kier molecular flexibility index (Phi) is 8.34. The van der Waals surface area contributed by atoms with Crippen molar-refractivity contribution in [1.29, 1.82) is 0 Å². The molecular formula is C30H32N2O3. The second-order valence-corrected chi connectivity index (χ2v) is 8.79. The van der Waals surface area contributed by atoms with E-state index in [1.54, 1.807) is 6.92 Å². The van der Waals surface area contributed by atoms with Gasteiger partial charge in [0.15, 0.2) is 0 Å². The predicted octanol–water partition coefficient (Wildman–Crippen LogP) is 7.26. The molecule has 180 valence electrons. The third kappa shape index (κ3) is 6.18. The van der Waals surface area contributed by atoms with Gasteiger partial charge in [0, 0.05) is 11.1 Å². The summed E-state index contributed by atoms with van der Waals surface area (Å²) < 4.78 is 8.38. The molecule has 1 N–H and O–H groups in total. The van der Waals surface area contributed by atoms with Gasteiger partial charge >= 0.3 is 12.0 Å². The van der Waals surface area contributed by atoms with Gasteiger partial charge in [-0.05, 0) is 25.0 Å². The number of imidazole rings is 1. The summed E-state index contributed by atoms with van der Waals surface area (Å²) in [6, 6.07) is 31.3. The molecule has 0 saturated carbocycles. The Hall–Kier alpha value is -3.86. The molecule has 0 aliphatic heterocycles. The Morgan fingerprint density at radius 3 is 2.03 bits per heavy atom. The molecule has 0 aliphatic carbocycles. The normalized spacial score (nSPS) is 11.8. The highest BCUT2D eigenvalue weighted by Crippen LogP contribution is 2.37. The zero-order chi connectivity index (χ0) is 24.5. The quantitative estimate of drug-likeness (QED) is 0.222. The van der Waals surface area contributed by atoms with Crippen molar-refractivity contribution in [2.75, 3.05) is 6.61 Å². The summed E-state index contributed by atoms with van der Waals surface area (Å²) in [5, 5.41) is 9.03. The molecule has 1 unspecified atom stereocenters. The largest absolute Gasteiger partial charge is 0.481 e. The maximum absolute atomic E-state index is 11.0. The standard InChI is InChI=1S/C30H32N2O3/c1-23(29(33)34)15-7-2-3-14-22-35-30-31-27(24-16-8-4-9-17-24)28(25-18-10-5-11-19-25)32(30)26-20-12-6-13-21-26/h4-6,8-13,16-21,23H,2-3,7,14-15,22H2,1H3,(H,33,34). The first kappa shape index (κ1) is 24.3. The zero-order valence-electron chi connectivity index (χ0n) is 20.1. The average Bonchev–Trinajstić information content (AvgIpc) is 3.29.